The minimum absolute atomic E-state index is 0.496. The summed E-state index contributed by atoms with van der Waals surface area (Å²) < 4.78 is 4.23. The Hall–Kier alpha value is -3.73. The fourth-order valence-corrected chi connectivity index (χ4v) is 4.70. The van der Waals surface area contributed by atoms with Crippen molar-refractivity contribution in [1.82, 2.24) is 9.13 Å². The number of hydrogen-bond donors (Lipinski definition) is 0. The molecule has 0 fully saturated rings. The van der Waals surface area contributed by atoms with Gasteiger partial charge in [-0.15, -0.1) is 0 Å². The first-order chi connectivity index (χ1) is 15.8. The molecule has 0 aliphatic carbocycles. The third kappa shape index (κ3) is 4.72. The molecule has 5 nitrogen and oxygen atoms in total. The van der Waals surface area contributed by atoms with Gasteiger partial charge in [-0.1, -0.05) is 70.8 Å². The van der Waals surface area contributed by atoms with E-state index < -0.39 is 0 Å². The summed E-state index contributed by atoms with van der Waals surface area (Å²) in [5.41, 5.74) is 11.4. The molecule has 168 valence electrons. The van der Waals surface area contributed by atoms with Crippen LogP contribution in [-0.2, 0) is 6.54 Å². The molecule has 0 aliphatic rings. The largest absolute Gasteiger partial charge is 0.284 e. The Balaban J connectivity index is 1.89. The van der Waals surface area contributed by atoms with Crippen LogP contribution in [0.5, 0.6) is 0 Å². The molecule has 4 aromatic rings. The van der Waals surface area contributed by atoms with E-state index in [0.29, 0.717) is 6.54 Å². The highest BCUT2D eigenvalue weighted by Crippen LogP contribution is 2.23. The van der Waals surface area contributed by atoms with Crippen molar-refractivity contribution in [3.63, 3.8) is 0 Å². The summed E-state index contributed by atoms with van der Waals surface area (Å²) in [5.74, 6) is 0. The Bertz CT molecular complexity index is 1260. The van der Waals surface area contributed by atoms with Gasteiger partial charge in [0.15, 0.2) is 0 Å². The molecule has 1 heterocycles. The third-order valence-corrected chi connectivity index (χ3v) is 5.84. The Kier molecular flexibility index (Phi) is 6.40. The average molecular weight is 438 g/mol. The number of aryl methyl sites for hydroxylation is 6. The lowest BCUT2D eigenvalue weighted by Crippen LogP contribution is -2.25. The molecule has 0 saturated carbocycles. The van der Waals surface area contributed by atoms with Crippen molar-refractivity contribution in [2.45, 2.75) is 48.1 Å². The number of imidazole rings is 1. The Morgan fingerprint density at radius 1 is 0.636 bits per heavy atom. The Morgan fingerprint density at radius 2 is 1.09 bits per heavy atom. The summed E-state index contributed by atoms with van der Waals surface area (Å²) in [5, 5.41) is 13.2. The molecule has 0 amide bonds. The number of nitrogens with zero attached hydrogens (tertiary/aromatic N) is 5. The van der Waals surface area contributed by atoms with Crippen molar-refractivity contribution in [3.05, 3.63) is 112 Å². The maximum Gasteiger partial charge on any atom is 0.240 e. The maximum absolute atomic E-state index is 4.63. The minimum atomic E-state index is 0.496. The van der Waals surface area contributed by atoms with E-state index in [1.54, 1.807) is 0 Å². The summed E-state index contributed by atoms with van der Waals surface area (Å²) in [4.78, 5) is 0. The molecule has 4 rings (SSSR count). The molecule has 1 aromatic heterocycles. The van der Waals surface area contributed by atoms with Gasteiger partial charge in [0.25, 0.3) is 0 Å². The molecule has 0 bridgehead atoms. The van der Waals surface area contributed by atoms with Crippen molar-refractivity contribution in [2.75, 3.05) is 0 Å². The molecular formula is C28H31N5. The standard InChI is InChI=1S/C28H31N5/c1-19-14-21(3)26(22(4)15-19)32-12-13-33(27-23(5)16-20(2)17-24(27)6)28(32)30-31-29-18-25-10-8-7-9-11-25/h7-17H,18H2,1-6H3. The number of hydrogen-bond acceptors (Lipinski definition) is 2. The summed E-state index contributed by atoms with van der Waals surface area (Å²) in [6.07, 6.45) is 4.13. The lowest BCUT2D eigenvalue weighted by Gasteiger charge is -2.14. The van der Waals surface area contributed by atoms with Gasteiger partial charge in [-0.3, -0.25) is 9.13 Å². The predicted molar refractivity (Wildman–Crippen MR) is 134 cm³/mol. The van der Waals surface area contributed by atoms with Gasteiger partial charge < -0.3 is 0 Å². The van der Waals surface area contributed by atoms with E-state index in [2.05, 4.69) is 103 Å². The quantitative estimate of drug-likeness (QED) is 0.250. The van der Waals surface area contributed by atoms with Crippen LogP contribution < -0.4 is 5.62 Å². The highest BCUT2D eigenvalue weighted by molar-refractivity contribution is 5.52. The predicted octanol–water partition coefficient (Wildman–Crippen LogP) is 6.59. The first-order valence-electron chi connectivity index (χ1n) is 11.3. The number of aromatic nitrogens is 2. The fraction of sp³-hybridized carbons (Fsp3) is 0.250. The lowest BCUT2D eigenvalue weighted by molar-refractivity contribution is 0.779. The molecule has 3 aromatic carbocycles. The van der Waals surface area contributed by atoms with Gasteiger partial charge in [-0.25, -0.2) is 0 Å². The van der Waals surface area contributed by atoms with Crippen molar-refractivity contribution in [1.29, 1.82) is 0 Å². The molecule has 0 atom stereocenters. The monoisotopic (exact) mass is 437 g/mol. The normalized spacial score (nSPS) is 11.3. The Morgan fingerprint density at radius 3 is 1.55 bits per heavy atom. The van der Waals surface area contributed by atoms with Crippen molar-refractivity contribution < 1.29 is 0 Å². The first-order valence-corrected chi connectivity index (χ1v) is 11.3. The molecule has 0 unspecified atom stereocenters. The molecular weight excluding hydrogens is 406 g/mol. The van der Waals surface area contributed by atoms with Crippen LogP contribution in [0, 0.1) is 41.5 Å². The molecule has 0 spiro atoms. The summed E-state index contributed by atoms with van der Waals surface area (Å²) in [6.45, 7) is 13.3. The Labute approximate surface area is 195 Å². The van der Waals surface area contributed by atoms with E-state index >= 15 is 0 Å². The second-order valence-electron chi connectivity index (χ2n) is 8.81. The summed E-state index contributed by atoms with van der Waals surface area (Å²) in [7, 11) is 0. The highest BCUT2D eigenvalue weighted by atomic mass is 15.4. The van der Waals surface area contributed by atoms with Crippen LogP contribution in [0.1, 0.15) is 38.9 Å². The topological polar surface area (TPSA) is 46.9 Å². The van der Waals surface area contributed by atoms with E-state index in [1.807, 2.05) is 30.3 Å². The van der Waals surface area contributed by atoms with Crippen LogP contribution in [0.15, 0.2) is 82.4 Å². The zero-order chi connectivity index (χ0) is 23.5. The van der Waals surface area contributed by atoms with Crippen LogP contribution in [0.4, 0.5) is 0 Å². The van der Waals surface area contributed by atoms with Gasteiger partial charge in [-0.05, 0) is 74.6 Å². The minimum Gasteiger partial charge on any atom is -0.284 e. The van der Waals surface area contributed by atoms with Crippen molar-refractivity contribution >= 4 is 0 Å². The van der Waals surface area contributed by atoms with Gasteiger partial charge in [0.1, 0.15) is 0 Å². The van der Waals surface area contributed by atoms with E-state index in [4.69, 9.17) is 0 Å². The molecule has 0 N–H and O–H groups in total. The maximum atomic E-state index is 4.63. The van der Waals surface area contributed by atoms with Gasteiger partial charge in [-0.2, -0.15) is 5.11 Å². The van der Waals surface area contributed by atoms with Crippen LogP contribution in [-0.4, -0.2) is 9.13 Å². The van der Waals surface area contributed by atoms with Crippen LogP contribution in [0.2, 0.25) is 0 Å². The number of rotatable bonds is 5. The van der Waals surface area contributed by atoms with E-state index in [9.17, 15) is 0 Å². The zero-order valence-electron chi connectivity index (χ0n) is 20.3. The SMILES string of the molecule is Cc1cc(C)c(-n2ccn(-c3c(C)cc(C)cc3C)c2=NN=NCc2ccccc2)c(C)c1. The highest BCUT2D eigenvalue weighted by Gasteiger charge is 2.14. The summed E-state index contributed by atoms with van der Waals surface area (Å²) >= 11 is 0. The van der Waals surface area contributed by atoms with E-state index in [0.717, 1.165) is 22.6 Å². The van der Waals surface area contributed by atoms with E-state index in [-0.39, 0.29) is 0 Å². The van der Waals surface area contributed by atoms with Crippen LogP contribution >= 0.6 is 0 Å². The van der Waals surface area contributed by atoms with Gasteiger partial charge in [0.2, 0.25) is 5.62 Å². The van der Waals surface area contributed by atoms with Crippen LogP contribution in [0.25, 0.3) is 11.4 Å². The van der Waals surface area contributed by atoms with Gasteiger partial charge in [0, 0.05) is 12.4 Å². The second kappa shape index (κ2) is 9.41. The zero-order valence-corrected chi connectivity index (χ0v) is 20.3. The molecule has 0 radical (unpaired) electrons. The van der Waals surface area contributed by atoms with Crippen LogP contribution in [0.3, 0.4) is 0 Å². The van der Waals surface area contributed by atoms with Gasteiger partial charge in [0.05, 0.1) is 17.9 Å². The van der Waals surface area contributed by atoms with Gasteiger partial charge >= 0.3 is 0 Å². The molecule has 33 heavy (non-hydrogen) atoms. The fourth-order valence-electron chi connectivity index (χ4n) is 4.70. The first kappa shape index (κ1) is 22.5. The van der Waals surface area contributed by atoms with Crippen molar-refractivity contribution in [2.24, 2.45) is 15.4 Å². The summed E-state index contributed by atoms with van der Waals surface area (Å²) in [6, 6.07) is 18.9. The smallest absolute Gasteiger partial charge is 0.240 e. The number of benzene rings is 3. The van der Waals surface area contributed by atoms with Crippen molar-refractivity contribution in [3.8, 4) is 11.4 Å². The average Bonchev–Trinajstić information content (AvgIpc) is 3.13. The third-order valence-electron chi connectivity index (χ3n) is 5.84. The molecule has 5 heteroatoms. The molecule has 0 saturated heterocycles. The second-order valence-corrected chi connectivity index (χ2v) is 8.81. The molecule has 0 aliphatic heterocycles. The van der Waals surface area contributed by atoms with E-state index in [1.165, 1.54) is 33.4 Å². The lowest BCUT2D eigenvalue weighted by atomic mass is 10.0.